The highest BCUT2D eigenvalue weighted by molar-refractivity contribution is 5.89. The lowest BCUT2D eigenvalue weighted by Crippen LogP contribution is -2.06. The second-order valence-electron chi connectivity index (χ2n) is 2.38. The Morgan fingerprint density at radius 3 is 2.40 bits per heavy atom. The number of hydrogen-bond donors (Lipinski definition) is 1. The molecule has 0 aliphatic heterocycles. The Kier molecular flexibility index (Phi) is 4.94. The summed E-state index contributed by atoms with van der Waals surface area (Å²) in [5.41, 5.74) is -0.578. The molecule has 0 fully saturated rings. The first kappa shape index (κ1) is 13.0. The van der Waals surface area contributed by atoms with Crippen LogP contribution in [-0.2, 0) is 0 Å². The molecule has 0 atom stereocenters. The van der Waals surface area contributed by atoms with Crippen LogP contribution in [0.2, 0.25) is 0 Å². The van der Waals surface area contributed by atoms with Gasteiger partial charge in [0.1, 0.15) is 0 Å². The van der Waals surface area contributed by atoms with E-state index in [0.29, 0.717) is 5.69 Å². The Hall–Kier alpha value is -1.98. The van der Waals surface area contributed by atoms with Crippen molar-refractivity contribution in [3.8, 4) is 0 Å². The molecule has 0 aromatic carbocycles. The van der Waals surface area contributed by atoms with Crippen LogP contribution in [0.4, 0.5) is 5.69 Å². The van der Waals surface area contributed by atoms with Crippen LogP contribution in [0.1, 0.15) is 30.0 Å². The zero-order valence-electron chi connectivity index (χ0n) is 8.72. The van der Waals surface area contributed by atoms with Gasteiger partial charge >= 0.3 is 11.7 Å². The van der Waals surface area contributed by atoms with E-state index in [1.54, 1.807) is 6.92 Å². The number of carboxylic acid groups (broad SMARTS) is 1. The van der Waals surface area contributed by atoms with Gasteiger partial charge < -0.3 is 5.11 Å². The lowest BCUT2D eigenvalue weighted by atomic mass is 10.2. The highest BCUT2D eigenvalue weighted by atomic mass is 16.6. The molecule has 0 radical (unpaired) electrons. The maximum absolute atomic E-state index is 10.5. The third kappa shape index (κ3) is 3.34. The standard InChI is InChI=1S/C7H6N2O4.C2H6/c1-4-2-3-5(9(12)13)6(8-4)7(10)11;1-2/h2-3H,1H3,(H,10,11);1-2H3. The molecule has 1 aromatic heterocycles. The van der Waals surface area contributed by atoms with E-state index in [9.17, 15) is 14.9 Å². The van der Waals surface area contributed by atoms with Crippen molar-refractivity contribution in [3.63, 3.8) is 0 Å². The van der Waals surface area contributed by atoms with Crippen molar-refractivity contribution in [3.05, 3.63) is 33.6 Å². The summed E-state index contributed by atoms with van der Waals surface area (Å²) in [6, 6.07) is 2.52. The first-order valence-electron chi connectivity index (χ1n) is 4.37. The topological polar surface area (TPSA) is 93.3 Å². The van der Waals surface area contributed by atoms with E-state index < -0.39 is 22.3 Å². The molecule has 0 aliphatic carbocycles. The van der Waals surface area contributed by atoms with Gasteiger partial charge in [-0.15, -0.1) is 0 Å². The molecule has 15 heavy (non-hydrogen) atoms. The quantitative estimate of drug-likeness (QED) is 0.597. The monoisotopic (exact) mass is 212 g/mol. The minimum atomic E-state index is -1.39. The lowest BCUT2D eigenvalue weighted by Gasteiger charge is -1.97. The van der Waals surface area contributed by atoms with Gasteiger partial charge in [0.2, 0.25) is 5.69 Å². The highest BCUT2D eigenvalue weighted by Gasteiger charge is 2.20. The molecule has 1 aromatic rings. The van der Waals surface area contributed by atoms with Crippen LogP contribution >= 0.6 is 0 Å². The number of nitro groups is 1. The maximum atomic E-state index is 10.5. The summed E-state index contributed by atoms with van der Waals surface area (Å²) in [4.78, 5) is 23.6. The Balaban J connectivity index is 0.000000921. The molecular weight excluding hydrogens is 200 g/mol. The normalized spacial score (nSPS) is 8.73. The zero-order valence-corrected chi connectivity index (χ0v) is 8.72. The highest BCUT2D eigenvalue weighted by Crippen LogP contribution is 2.16. The predicted molar refractivity (Wildman–Crippen MR) is 53.9 cm³/mol. The van der Waals surface area contributed by atoms with Crippen LogP contribution in [0.25, 0.3) is 0 Å². The number of aromatic nitrogens is 1. The minimum absolute atomic E-state index is 0.433. The molecule has 0 bridgehead atoms. The van der Waals surface area contributed by atoms with Gasteiger partial charge in [-0.25, -0.2) is 9.78 Å². The summed E-state index contributed by atoms with van der Waals surface area (Å²) in [5, 5.41) is 18.9. The molecule has 0 unspecified atom stereocenters. The molecule has 0 aliphatic rings. The molecule has 0 saturated carbocycles. The van der Waals surface area contributed by atoms with Crippen molar-refractivity contribution in [2.24, 2.45) is 0 Å². The van der Waals surface area contributed by atoms with E-state index in [4.69, 9.17) is 5.11 Å². The lowest BCUT2D eigenvalue weighted by molar-refractivity contribution is -0.385. The summed E-state index contributed by atoms with van der Waals surface area (Å²) in [5.74, 6) is -1.39. The van der Waals surface area contributed by atoms with E-state index in [0.717, 1.165) is 6.07 Å². The first-order valence-corrected chi connectivity index (χ1v) is 4.37. The second-order valence-corrected chi connectivity index (χ2v) is 2.38. The second kappa shape index (κ2) is 5.69. The summed E-state index contributed by atoms with van der Waals surface area (Å²) < 4.78 is 0. The summed E-state index contributed by atoms with van der Waals surface area (Å²) >= 11 is 0. The van der Waals surface area contributed by atoms with Gasteiger partial charge in [0.25, 0.3) is 0 Å². The number of aryl methyl sites for hydroxylation is 1. The molecule has 0 spiro atoms. The third-order valence-electron chi connectivity index (χ3n) is 1.41. The molecule has 0 saturated heterocycles. The van der Waals surface area contributed by atoms with Crippen LogP contribution < -0.4 is 0 Å². The van der Waals surface area contributed by atoms with Crippen molar-refractivity contribution >= 4 is 11.7 Å². The molecule has 1 heterocycles. The molecule has 1 N–H and O–H groups in total. The Morgan fingerprint density at radius 2 is 2.00 bits per heavy atom. The number of nitrogens with zero attached hydrogens (tertiary/aromatic N) is 2. The number of rotatable bonds is 2. The van der Waals surface area contributed by atoms with Crippen LogP contribution in [-0.4, -0.2) is 21.0 Å². The van der Waals surface area contributed by atoms with Gasteiger partial charge in [0, 0.05) is 11.8 Å². The van der Waals surface area contributed by atoms with Crippen LogP contribution in [0, 0.1) is 17.0 Å². The van der Waals surface area contributed by atoms with Crippen molar-refractivity contribution in [2.75, 3.05) is 0 Å². The van der Waals surface area contributed by atoms with Crippen LogP contribution in [0.15, 0.2) is 12.1 Å². The molecular formula is C9H12N2O4. The van der Waals surface area contributed by atoms with Crippen molar-refractivity contribution in [1.82, 2.24) is 4.98 Å². The molecule has 0 amide bonds. The maximum Gasteiger partial charge on any atom is 0.361 e. The predicted octanol–water partition coefficient (Wildman–Crippen LogP) is 2.02. The van der Waals surface area contributed by atoms with E-state index in [2.05, 4.69) is 4.98 Å². The fourth-order valence-corrected chi connectivity index (χ4v) is 0.854. The van der Waals surface area contributed by atoms with Gasteiger partial charge in [-0.2, -0.15) is 0 Å². The molecule has 82 valence electrons. The average molecular weight is 212 g/mol. The number of carbonyl (C=O) groups is 1. The van der Waals surface area contributed by atoms with E-state index in [-0.39, 0.29) is 0 Å². The van der Waals surface area contributed by atoms with Crippen molar-refractivity contribution in [2.45, 2.75) is 20.8 Å². The molecule has 1 rings (SSSR count). The average Bonchev–Trinajstić information content (AvgIpc) is 2.20. The Morgan fingerprint density at radius 1 is 1.47 bits per heavy atom. The van der Waals surface area contributed by atoms with Crippen LogP contribution in [0.5, 0.6) is 0 Å². The Labute approximate surface area is 86.7 Å². The zero-order chi connectivity index (χ0) is 12.0. The fraction of sp³-hybridized carbons (Fsp3) is 0.333. The SMILES string of the molecule is CC.Cc1ccc([N+](=O)[O-])c(C(=O)O)n1. The minimum Gasteiger partial charge on any atom is -0.476 e. The number of pyridine rings is 1. The van der Waals surface area contributed by atoms with Gasteiger partial charge in [-0.3, -0.25) is 10.1 Å². The van der Waals surface area contributed by atoms with Crippen molar-refractivity contribution < 1.29 is 14.8 Å². The first-order chi connectivity index (χ1) is 7.02. The van der Waals surface area contributed by atoms with Crippen molar-refractivity contribution in [1.29, 1.82) is 0 Å². The number of carboxylic acids is 1. The summed E-state index contributed by atoms with van der Waals surface area (Å²) in [7, 11) is 0. The molecule has 6 nitrogen and oxygen atoms in total. The fourth-order valence-electron chi connectivity index (χ4n) is 0.854. The van der Waals surface area contributed by atoms with Gasteiger partial charge in [-0.05, 0) is 13.0 Å². The van der Waals surface area contributed by atoms with E-state index in [1.807, 2.05) is 13.8 Å². The largest absolute Gasteiger partial charge is 0.476 e. The van der Waals surface area contributed by atoms with E-state index in [1.165, 1.54) is 6.07 Å². The van der Waals surface area contributed by atoms with Gasteiger partial charge in [0.05, 0.1) is 4.92 Å². The Bertz CT molecular complexity index is 376. The number of aromatic carboxylic acids is 1. The van der Waals surface area contributed by atoms with E-state index >= 15 is 0 Å². The molecule has 6 heteroatoms. The van der Waals surface area contributed by atoms with Gasteiger partial charge in [-0.1, -0.05) is 13.8 Å². The number of hydrogen-bond acceptors (Lipinski definition) is 4. The smallest absolute Gasteiger partial charge is 0.361 e. The van der Waals surface area contributed by atoms with Gasteiger partial charge in [0.15, 0.2) is 0 Å². The van der Waals surface area contributed by atoms with Crippen LogP contribution in [0.3, 0.4) is 0 Å². The summed E-state index contributed by atoms with van der Waals surface area (Å²) in [6.45, 7) is 5.57. The summed E-state index contributed by atoms with van der Waals surface area (Å²) in [6.07, 6.45) is 0. The third-order valence-corrected chi connectivity index (χ3v) is 1.41.